The zero-order valence-electron chi connectivity index (χ0n) is 10.2. The first-order chi connectivity index (χ1) is 7.70. The standard InChI is InChI=1S/C11H20N4O/c1-12-10(11(16-3)5-4-6-11)7-9-8-15(2)14-13-9/h8,10,12H,4-7H2,1-3H3. The van der Waals surface area contributed by atoms with Crippen molar-refractivity contribution in [3.05, 3.63) is 11.9 Å². The Hall–Kier alpha value is -0.940. The van der Waals surface area contributed by atoms with Gasteiger partial charge in [0.1, 0.15) is 0 Å². The second kappa shape index (κ2) is 4.51. The molecule has 0 bridgehead atoms. The van der Waals surface area contributed by atoms with Crippen LogP contribution in [0.2, 0.25) is 0 Å². The highest BCUT2D eigenvalue weighted by Gasteiger charge is 2.43. The molecule has 1 aliphatic carbocycles. The van der Waals surface area contributed by atoms with E-state index in [1.165, 1.54) is 6.42 Å². The van der Waals surface area contributed by atoms with Gasteiger partial charge in [-0.05, 0) is 26.3 Å². The fourth-order valence-corrected chi connectivity index (χ4v) is 2.47. The average molecular weight is 224 g/mol. The van der Waals surface area contributed by atoms with Gasteiger partial charge in [-0.2, -0.15) is 0 Å². The molecule has 1 atom stereocenters. The molecule has 16 heavy (non-hydrogen) atoms. The zero-order chi connectivity index (χ0) is 11.6. The second-order valence-electron chi connectivity index (χ2n) is 4.55. The number of aryl methyl sites for hydroxylation is 1. The first kappa shape index (κ1) is 11.5. The van der Waals surface area contributed by atoms with E-state index in [9.17, 15) is 0 Å². The first-order valence-electron chi connectivity index (χ1n) is 5.78. The number of hydrogen-bond donors (Lipinski definition) is 1. The van der Waals surface area contributed by atoms with E-state index in [4.69, 9.17) is 4.74 Å². The summed E-state index contributed by atoms with van der Waals surface area (Å²) in [6, 6.07) is 0.322. The lowest BCUT2D eigenvalue weighted by molar-refractivity contribution is -0.0968. The van der Waals surface area contributed by atoms with Gasteiger partial charge in [0, 0.05) is 32.8 Å². The lowest BCUT2D eigenvalue weighted by Crippen LogP contribution is -2.56. The molecule has 2 rings (SSSR count). The van der Waals surface area contributed by atoms with Crippen LogP contribution in [0.3, 0.4) is 0 Å². The minimum absolute atomic E-state index is 0.00622. The number of aromatic nitrogens is 3. The number of ether oxygens (including phenoxy) is 1. The SMILES string of the molecule is CNC(Cc1cn(C)nn1)C1(OC)CCC1. The molecular formula is C11H20N4O. The maximum atomic E-state index is 5.69. The normalized spacial score (nSPS) is 20.4. The Bertz CT molecular complexity index is 340. The topological polar surface area (TPSA) is 52.0 Å². The highest BCUT2D eigenvalue weighted by molar-refractivity contribution is 5.06. The van der Waals surface area contributed by atoms with Crippen molar-refractivity contribution in [1.29, 1.82) is 0 Å². The van der Waals surface area contributed by atoms with E-state index in [0.29, 0.717) is 6.04 Å². The van der Waals surface area contributed by atoms with E-state index in [0.717, 1.165) is 25.0 Å². The van der Waals surface area contributed by atoms with Crippen LogP contribution in [-0.4, -0.2) is 40.8 Å². The van der Waals surface area contributed by atoms with Crippen molar-refractivity contribution in [1.82, 2.24) is 20.3 Å². The number of likely N-dealkylation sites (N-methyl/N-ethyl adjacent to an activating group) is 1. The Morgan fingerprint density at radius 2 is 2.38 bits per heavy atom. The van der Waals surface area contributed by atoms with Crippen LogP contribution in [0.5, 0.6) is 0 Å². The van der Waals surface area contributed by atoms with Crippen LogP contribution in [-0.2, 0) is 18.2 Å². The molecule has 0 aliphatic heterocycles. The quantitative estimate of drug-likeness (QED) is 0.792. The Morgan fingerprint density at radius 1 is 1.62 bits per heavy atom. The Labute approximate surface area is 96.2 Å². The molecule has 1 fully saturated rings. The molecule has 1 aromatic rings. The number of nitrogens with zero attached hydrogens (tertiary/aromatic N) is 3. The maximum absolute atomic E-state index is 5.69. The summed E-state index contributed by atoms with van der Waals surface area (Å²) in [5.41, 5.74) is 1.02. The first-order valence-corrected chi connectivity index (χ1v) is 5.78. The van der Waals surface area contributed by atoms with Crippen LogP contribution < -0.4 is 5.32 Å². The third kappa shape index (κ3) is 1.97. The molecule has 0 spiro atoms. The Morgan fingerprint density at radius 3 is 2.75 bits per heavy atom. The maximum Gasteiger partial charge on any atom is 0.0843 e. The summed E-state index contributed by atoms with van der Waals surface area (Å²) in [5, 5.41) is 11.4. The molecule has 0 amide bonds. The molecule has 1 unspecified atom stereocenters. The van der Waals surface area contributed by atoms with Crippen LogP contribution in [0.4, 0.5) is 0 Å². The van der Waals surface area contributed by atoms with Crippen molar-refractivity contribution in [2.75, 3.05) is 14.2 Å². The van der Waals surface area contributed by atoms with Crippen molar-refractivity contribution in [3.63, 3.8) is 0 Å². The summed E-state index contributed by atoms with van der Waals surface area (Å²) >= 11 is 0. The third-order valence-electron chi connectivity index (χ3n) is 3.65. The smallest absolute Gasteiger partial charge is 0.0843 e. The molecule has 5 nitrogen and oxygen atoms in total. The predicted octanol–water partition coefficient (Wildman–Crippen LogP) is 0.515. The Balaban J connectivity index is 2.05. The highest BCUT2D eigenvalue weighted by atomic mass is 16.5. The van der Waals surface area contributed by atoms with E-state index in [1.807, 2.05) is 20.3 Å². The molecule has 0 radical (unpaired) electrons. The van der Waals surface area contributed by atoms with E-state index in [2.05, 4.69) is 15.6 Å². The lowest BCUT2D eigenvalue weighted by Gasteiger charge is -2.46. The lowest BCUT2D eigenvalue weighted by atomic mass is 9.73. The van der Waals surface area contributed by atoms with Gasteiger partial charge in [-0.1, -0.05) is 5.21 Å². The summed E-state index contributed by atoms with van der Waals surface area (Å²) in [6.07, 6.45) is 6.36. The van der Waals surface area contributed by atoms with Gasteiger partial charge in [0.25, 0.3) is 0 Å². The fraction of sp³-hybridized carbons (Fsp3) is 0.818. The van der Waals surface area contributed by atoms with Crippen LogP contribution in [0.1, 0.15) is 25.0 Å². The summed E-state index contributed by atoms with van der Waals surface area (Å²) in [6.45, 7) is 0. The van der Waals surface area contributed by atoms with Crippen LogP contribution >= 0.6 is 0 Å². The second-order valence-corrected chi connectivity index (χ2v) is 4.55. The van der Waals surface area contributed by atoms with Crippen LogP contribution in [0.25, 0.3) is 0 Å². The number of methoxy groups -OCH3 is 1. The van der Waals surface area contributed by atoms with Gasteiger partial charge in [-0.3, -0.25) is 4.68 Å². The number of rotatable bonds is 5. The van der Waals surface area contributed by atoms with Crippen molar-refractivity contribution < 1.29 is 4.74 Å². The molecule has 0 aromatic carbocycles. The van der Waals surface area contributed by atoms with Crippen molar-refractivity contribution in [2.45, 2.75) is 37.3 Å². The number of hydrogen-bond acceptors (Lipinski definition) is 4. The van der Waals surface area contributed by atoms with Crippen LogP contribution in [0.15, 0.2) is 6.20 Å². The monoisotopic (exact) mass is 224 g/mol. The van der Waals surface area contributed by atoms with Crippen molar-refractivity contribution in [2.24, 2.45) is 7.05 Å². The predicted molar refractivity (Wildman–Crippen MR) is 61.1 cm³/mol. The fourth-order valence-electron chi connectivity index (χ4n) is 2.47. The van der Waals surface area contributed by atoms with Gasteiger partial charge in [0.05, 0.1) is 11.3 Å². The minimum Gasteiger partial charge on any atom is -0.377 e. The Kier molecular flexibility index (Phi) is 3.25. The van der Waals surface area contributed by atoms with Gasteiger partial charge in [0.2, 0.25) is 0 Å². The van der Waals surface area contributed by atoms with Gasteiger partial charge in [-0.15, -0.1) is 5.10 Å². The van der Waals surface area contributed by atoms with Crippen LogP contribution in [0, 0.1) is 0 Å². The summed E-state index contributed by atoms with van der Waals surface area (Å²) < 4.78 is 7.43. The molecule has 5 heteroatoms. The minimum atomic E-state index is 0.00622. The van der Waals surface area contributed by atoms with Crippen molar-refractivity contribution in [3.8, 4) is 0 Å². The largest absolute Gasteiger partial charge is 0.377 e. The molecule has 1 heterocycles. The zero-order valence-corrected chi connectivity index (χ0v) is 10.2. The average Bonchev–Trinajstić information content (AvgIpc) is 2.61. The third-order valence-corrected chi connectivity index (χ3v) is 3.65. The molecular weight excluding hydrogens is 204 g/mol. The van der Waals surface area contributed by atoms with E-state index < -0.39 is 0 Å². The highest BCUT2D eigenvalue weighted by Crippen LogP contribution is 2.38. The van der Waals surface area contributed by atoms with E-state index >= 15 is 0 Å². The molecule has 1 N–H and O–H groups in total. The van der Waals surface area contributed by atoms with Gasteiger partial charge >= 0.3 is 0 Å². The molecule has 90 valence electrons. The summed E-state index contributed by atoms with van der Waals surface area (Å²) in [5.74, 6) is 0. The molecule has 0 saturated heterocycles. The van der Waals surface area contributed by atoms with E-state index in [1.54, 1.807) is 11.8 Å². The summed E-state index contributed by atoms with van der Waals surface area (Å²) in [4.78, 5) is 0. The van der Waals surface area contributed by atoms with E-state index in [-0.39, 0.29) is 5.60 Å². The molecule has 1 saturated carbocycles. The molecule has 1 aromatic heterocycles. The van der Waals surface area contributed by atoms with Gasteiger partial charge in [0.15, 0.2) is 0 Å². The summed E-state index contributed by atoms with van der Waals surface area (Å²) in [7, 11) is 5.68. The molecule has 1 aliphatic rings. The van der Waals surface area contributed by atoms with Crippen molar-refractivity contribution >= 4 is 0 Å². The van der Waals surface area contributed by atoms with Gasteiger partial charge < -0.3 is 10.1 Å². The van der Waals surface area contributed by atoms with Gasteiger partial charge in [-0.25, -0.2) is 0 Å². The number of nitrogens with one attached hydrogen (secondary N) is 1.